The van der Waals surface area contributed by atoms with Gasteiger partial charge in [-0.25, -0.2) is 28.6 Å². The molecule has 3 fully saturated rings. The van der Waals surface area contributed by atoms with E-state index in [-0.39, 0.29) is 33.6 Å². The smallest absolute Gasteiger partial charge is 0.382 e. The molecule has 4 aromatic rings. The van der Waals surface area contributed by atoms with Crippen LogP contribution in [0.25, 0.3) is 22.2 Å². The molecule has 1 aromatic carbocycles. The molecule has 0 spiro atoms. The molecule has 0 radical (unpaired) electrons. The van der Waals surface area contributed by atoms with E-state index in [2.05, 4.69) is 44.1 Å². The Morgan fingerprint density at radius 1 is 1.18 bits per heavy atom. The summed E-state index contributed by atoms with van der Waals surface area (Å²) in [6.45, 7) is -1.26. The zero-order valence-electron chi connectivity index (χ0n) is 22.8. The average molecular weight is 684 g/mol. The summed E-state index contributed by atoms with van der Waals surface area (Å²) in [5, 5.41) is 8.15. The number of alkyl halides is 1. The third kappa shape index (κ3) is 5.35. The minimum atomic E-state index is -4.30. The molecular weight excluding hydrogens is 659 g/mol. The van der Waals surface area contributed by atoms with Gasteiger partial charge in [0, 0.05) is 0 Å². The number of fused-ring (bicyclic) bond motifs is 5. The van der Waals surface area contributed by atoms with Gasteiger partial charge in [-0.1, -0.05) is 30.1 Å². The number of nitrogen functional groups attached to an aromatic ring is 1. The number of carbonyl (C=O) groups is 1. The highest BCUT2D eigenvalue weighted by Gasteiger charge is 2.51. The second-order valence-corrected chi connectivity index (χ2v) is 14.1. The number of amides is 1. The lowest BCUT2D eigenvalue weighted by atomic mass is 10.1. The Labute approximate surface area is 257 Å². The van der Waals surface area contributed by atoms with Crippen LogP contribution in [-0.2, 0) is 36.7 Å². The van der Waals surface area contributed by atoms with Gasteiger partial charge >= 0.3 is 15.1 Å². The Balaban J connectivity index is 1.18. The topological polar surface area (TPSA) is 233 Å². The standard InChI is InChI=1S/C23H24FN9O9P2S/c1-9-12-6-38-44(36,45)42-18-13(40-22(14(18)24)32-8-29-16-19(25)27-7-28-21(16)32)5-37-43(35)41-17(9)23(39-12)33-11-4-2-3-10(20(26)34)15(11)30-31-33/h2-4,7-8,12-14,17-18,22-23,43H,1,5-6H2,(H2,26,34)(H,36,45)(H2,25,27,28)/t12-,13-,14-,17-,18-,22-,23-,44+/m1/s1. The first kappa shape index (κ1) is 30.3. The molecule has 238 valence electrons. The van der Waals surface area contributed by atoms with E-state index in [9.17, 15) is 13.9 Å². The van der Waals surface area contributed by atoms with E-state index in [0.29, 0.717) is 5.52 Å². The first-order valence-electron chi connectivity index (χ1n) is 13.2. The summed E-state index contributed by atoms with van der Waals surface area (Å²) >= 11 is 4.06. The number of carbonyl (C=O) groups excluding carboxylic acids is 1. The van der Waals surface area contributed by atoms with Crippen LogP contribution in [0.2, 0.25) is 0 Å². The maximum atomic E-state index is 16.0. The van der Waals surface area contributed by atoms with Gasteiger partial charge in [-0.05, 0) is 17.7 Å². The van der Waals surface area contributed by atoms with Crippen molar-refractivity contribution in [2.24, 2.45) is 5.73 Å². The van der Waals surface area contributed by atoms with Gasteiger partial charge in [0.15, 0.2) is 30.1 Å². The number of anilines is 1. The van der Waals surface area contributed by atoms with Gasteiger partial charge < -0.3 is 25.5 Å². The minimum absolute atomic E-state index is 0.0715. The maximum absolute atomic E-state index is 16.0. The molecule has 22 heteroatoms. The van der Waals surface area contributed by atoms with Gasteiger partial charge in [0.25, 0.3) is 5.91 Å². The molecule has 6 heterocycles. The molecule has 7 rings (SSSR count). The second kappa shape index (κ2) is 11.5. The SMILES string of the molecule is C=C1[C@H]2O[PH](=O)OC[C@H]3O[C@@H](n4cnc5c(N)ncnc54)[C@H](F)[C@@H]3O[P@@](=O)(S)OC[C@H]1O[C@H]2n1nnc2c(C(N)=O)cccc21. The minimum Gasteiger partial charge on any atom is -0.382 e. The van der Waals surface area contributed by atoms with Crippen molar-refractivity contribution >= 4 is 61.2 Å². The highest BCUT2D eigenvalue weighted by Crippen LogP contribution is 2.57. The van der Waals surface area contributed by atoms with Crippen LogP contribution in [0.15, 0.2) is 43.0 Å². The molecule has 3 aliphatic heterocycles. The third-order valence-corrected chi connectivity index (χ3v) is 9.97. The Bertz CT molecular complexity index is 1910. The molecule has 3 aliphatic rings. The van der Waals surface area contributed by atoms with E-state index in [1.54, 1.807) is 12.1 Å². The number of ether oxygens (including phenoxy) is 2. The predicted octanol–water partition coefficient (Wildman–Crippen LogP) is 1.89. The molecular formula is C23H24FN9O9P2S. The zero-order valence-corrected chi connectivity index (χ0v) is 25.6. The summed E-state index contributed by atoms with van der Waals surface area (Å²) in [6, 6.07) is 4.68. The monoisotopic (exact) mass is 683 g/mol. The van der Waals surface area contributed by atoms with Crippen molar-refractivity contribution in [3.63, 3.8) is 0 Å². The normalized spacial score (nSPS) is 34.3. The van der Waals surface area contributed by atoms with E-state index >= 15 is 4.39 Å². The number of thiol groups is 1. The van der Waals surface area contributed by atoms with Crippen LogP contribution in [0.5, 0.6) is 0 Å². The number of aromatic nitrogens is 7. The number of primary amides is 1. The summed E-state index contributed by atoms with van der Waals surface area (Å²) in [6.07, 6.45) is -7.01. The number of nitrogens with two attached hydrogens (primary N) is 2. The highest BCUT2D eigenvalue weighted by molar-refractivity contribution is 8.44. The lowest BCUT2D eigenvalue weighted by molar-refractivity contribution is -0.0592. The number of nitrogens with zero attached hydrogens (tertiary/aromatic N) is 7. The molecule has 0 saturated carbocycles. The van der Waals surface area contributed by atoms with Gasteiger partial charge in [-0.3, -0.25) is 27.5 Å². The summed E-state index contributed by atoms with van der Waals surface area (Å²) in [7, 11) is -3.36. The van der Waals surface area contributed by atoms with E-state index in [1.807, 2.05) is 0 Å². The number of hydrogen-bond acceptors (Lipinski definition) is 15. The fraction of sp³-hybridized carbons (Fsp3) is 0.391. The van der Waals surface area contributed by atoms with Gasteiger partial charge in [-0.2, -0.15) is 0 Å². The number of benzene rings is 1. The van der Waals surface area contributed by atoms with Gasteiger partial charge in [-0.15, -0.1) is 5.10 Å². The number of rotatable bonds is 3. The number of imidazole rings is 1. The molecule has 1 amide bonds. The molecule has 4 N–H and O–H groups in total. The fourth-order valence-electron chi connectivity index (χ4n) is 5.38. The molecule has 45 heavy (non-hydrogen) atoms. The van der Waals surface area contributed by atoms with Gasteiger partial charge in [0.2, 0.25) is 0 Å². The molecule has 9 atom stereocenters. The second-order valence-electron chi connectivity index (χ2n) is 10.2. The Morgan fingerprint density at radius 3 is 2.80 bits per heavy atom. The molecule has 18 nitrogen and oxygen atoms in total. The Kier molecular flexibility index (Phi) is 7.74. The molecule has 2 bridgehead atoms. The lowest BCUT2D eigenvalue weighted by Gasteiger charge is -2.24. The van der Waals surface area contributed by atoms with Crippen LogP contribution >= 0.6 is 27.3 Å². The van der Waals surface area contributed by atoms with Crippen molar-refractivity contribution in [2.75, 3.05) is 18.9 Å². The summed E-state index contributed by atoms with van der Waals surface area (Å²) in [5.41, 5.74) is 12.6. The molecule has 1 unspecified atom stereocenters. The summed E-state index contributed by atoms with van der Waals surface area (Å²) in [5.74, 6) is -0.646. The molecule has 0 aliphatic carbocycles. The van der Waals surface area contributed by atoms with E-state index in [1.165, 1.54) is 28.0 Å². The highest BCUT2D eigenvalue weighted by atomic mass is 32.7. The average Bonchev–Trinajstić information content (AvgIpc) is 3.76. The maximum Gasteiger partial charge on any atom is 0.386 e. The zero-order chi connectivity index (χ0) is 31.6. The van der Waals surface area contributed by atoms with Crippen molar-refractivity contribution in [3.8, 4) is 0 Å². The number of halogens is 1. The molecule has 3 aromatic heterocycles. The van der Waals surface area contributed by atoms with Crippen LogP contribution in [0.4, 0.5) is 10.2 Å². The Hall–Kier alpha value is -3.32. The van der Waals surface area contributed by atoms with E-state index in [0.717, 1.165) is 0 Å². The van der Waals surface area contributed by atoms with Crippen molar-refractivity contribution in [1.29, 1.82) is 0 Å². The van der Waals surface area contributed by atoms with Crippen LogP contribution in [0.3, 0.4) is 0 Å². The molecule has 3 saturated heterocycles. The van der Waals surface area contributed by atoms with Crippen molar-refractivity contribution in [2.45, 2.75) is 43.0 Å². The summed E-state index contributed by atoms with van der Waals surface area (Å²) in [4.78, 5) is 24.0. The van der Waals surface area contributed by atoms with Gasteiger partial charge in [0.05, 0.1) is 30.6 Å². The van der Waals surface area contributed by atoms with Crippen LogP contribution in [0.1, 0.15) is 22.8 Å². The van der Waals surface area contributed by atoms with Gasteiger partial charge in [0.1, 0.15) is 41.8 Å². The van der Waals surface area contributed by atoms with E-state index in [4.69, 9.17) is 39.0 Å². The van der Waals surface area contributed by atoms with Crippen molar-refractivity contribution in [1.82, 2.24) is 34.5 Å². The fourth-order valence-corrected chi connectivity index (χ4v) is 7.69. The van der Waals surface area contributed by atoms with Crippen LogP contribution in [-0.4, -0.2) is 84.2 Å². The van der Waals surface area contributed by atoms with Crippen LogP contribution < -0.4 is 11.5 Å². The lowest BCUT2D eigenvalue weighted by Crippen LogP contribution is -2.33. The Morgan fingerprint density at radius 2 is 2.00 bits per heavy atom. The van der Waals surface area contributed by atoms with Crippen molar-refractivity contribution in [3.05, 3.63) is 48.6 Å². The third-order valence-electron chi connectivity index (χ3n) is 7.51. The predicted molar refractivity (Wildman–Crippen MR) is 155 cm³/mol. The van der Waals surface area contributed by atoms with Crippen molar-refractivity contribution < 1.29 is 45.9 Å². The first-order chi connectivity index (χ1) is 21.5. The number of hydrogen-bond donors (Lipinski definition) is 3. The van der Waals surface area contributed by atoms with Crippen LogP contribution in [0, 0.1) is 0 Å². The van der Waals surface area contributed by atoms with E-state index < -0.39 is 77.2 Å². The first-order valence-corrected chi connectivity index (χ1v) is 17.1. The summed E-state index contributed by atoms with van der Waals surface area (Å²) < 4.78 is 79.4. The quantitative estimate of drug-likeness (QED) is 0.159. The largest absolute Gasteiger partial charge is 0.386 e.